The van der Waals surface area contributed by atoms with Crippen LogP contribution in [0.4, 0.5) is 5.69 Å². The van der Waals surface area contributed by atoms with E-state index in [1.807, 2.05) is 0 Å². The number of sulfonamides is 1. The predicted octanol–water partition coefficient (Wildman–Crippen LogP) is 0.983. The second kappa shape index (κ2) is 4.38. The molecule has 0 fully saturated rings. The van der Waals surface area contributed by atoms with Gasteiger partial charge in [-0.3, -0.25) is 4.72 Å². The Morgan fingerprint density at radius 1 is 1.12 bits per heavy atom. The third-order valence-corrected chi connectivity index (χ3v) is 3.40. The molecule has 17 heavy (non-hydrogen) atoms. The Hall–Kier alpha value is -2.15. The van der Waals surface area contributed by atoms with Gasteiger partial charge in [0.05, 0.1) is 18.1 Å². The lowest BCUT2D eigenvalue weighted by molar-refractivity contribution is 0.459. The van der Waals surface area contributed by atoms with E-state index in [1.165, 1.54) is 36.9 Å². The topological polar surface area (TPSA) is 92.2 Å². The Morgan fingerprint density at radius 3 is 2.41 bits per heavy atom. The highest BCUT2D eigenvalue weighted by Crippen LogP contribution is 2.23. The Kier molecular flexibility index (Phi) is 2.92. The van der Waals surface area contributed by atoms with Crippen molar-refractivity contribution in [2.24, 2.45) is 0 Å². The van der Waals surface area contributed by atoms with E-state index >= 15 is 0 Å². The zero-order valence-electron chi connectivity index (χ0n) is 8.61. The van der Waals surface area contributed by atoms with E-state index in [2.05, 4.69) is 14.7 Å². The van der Waals surface area contributed by atoms with Crippen LogP contribution in [0.2, 0.25) is 0 Å². The number of aromatic nitrogens is 2. The lowest BCUT2D eigenvalue weighted by Crippen LogP contribution is -2.13. The minimum absolute atomic E-state index is 0.191. The second-order valence-corrected chi connectivity index (χ2v) is 4.85. The molecule has 2 aromatic rings. The van der Waals surface area contributed by atoms with Crippen molar-refractivity contribution in [1.82, 2.24) is 9.97 Å². The van der Waals surface area contributed by atoms with Crippen molar-refractivity contribution < 1.29 is 13.5 Å². The van der Waals surface area contributed by atoms with E-state index in [0.717, 1.165) is 0 Å². The number of hydrogen-bond donors (Lipinski definition) is 2. The molecule has 0 unspecified atom stereocenters. The molecule has 0 amide bonds. The number of hydrogen-bond acceptors (Lipinski definition) is 5. The quantitative estimate of drug-likeness (QED) is 0.848. The normalized spacial score (nSPS) is 11.1. The van der Waals surface area contributed by atoms with Gasteiger partial charge in [0, 0.05) is 0 Å². The number of aromatic hydroxyl groups is 1. The van der Waals surface area contributed by atoms with Crippen molar-refractivity contribution in [1.29, 1.82) is 0 Å². The SMILES string of the molecule is O=S(=O)(Nc1cncnc1)c1ccccc1O. The van der Waals surface area contributed by atoms with E-state index in [-0.39, 0.29) is 16.3 Å². The summed E-state index contributed by atoms with van der Waals surface area (Å²) in [6, 6.07) is 5.67. The van der Waals surface area contributed by atoms with Crippen LogP contribution in [0.5, 0.6) is 5.75 Å². The van der Waals surface area contributed by atoms with Gasteiger partial charge in [-0.1, -0.05) is 12.1 Å². The Bertz CT molecular complexity index is 614. The highest BCUT2D eigenvalue weighted by molar-refractivity contribution is 7.92. The lowest BCUT2D eigenvalue weighted by Gasteiger charge is -2.08. The summed E-state index contributed by atoms with van der Waals surface area (Å²) in [5.74, 6) is -0.308. The van der Waals surface area contributed by atoms with Crippen LogP contribution in [-0.2, 0) is 10.0 Å². The average Bonchev–Trinajstić information content (AvgIpc) is 2.30. The fraction of sp³-hybridized carbons (Fsp3) is 0. The molecular formula is C10H9N3O3S. The maximum Gasteiger partial charge on any atom is 0.265 e. The molecular weight excluding hydrogens is 242 g/mol. The second-order valence-electron chi connectivity index (χ2n) is 3.20. The summed E-state index contributed by atoms with van der Waals surface area (Å²) < 4.78 is 26.1. The van der Waals surface area contributed by atoms with Crippen molar-refractivity contribution >= 4 is 15.7 Å². The minimum Gasteiger partial charge on any atom is -0.507 e. The fourth-order valence-corrected chi connectivity index (χ4v) is 2.37. The van der Waals surface area contributed by atoms with Crippen LogP contribution in [0.25, 0.3) is 0 Å². The van der Waals surface area contributed by atoms with E-state index in [4.69, 9.17) is 0 Å². The average molecular weight is 251 g/mol. The van der Waals surface area contributed by atoms with Crippen LogP contribution >= 0.6 is 0 Å². The van der Waals surface area contributed by atoms with Crippen molar-refractivity contribution in [3.8, 4) is 5.75 Å². The zero-order chi connectivity index (χ0) is 12.3. The monoisotopic (exact) mass is 251 g/mol. The molecule has 7 heteroatoms. The Balaban J connectivity index is 2.36. The van der Waals surface area contributed by atoms with Crippen LogP contribution in [0.1, 0.15) is 0 Å². The number of para-hydroxylation sites is 1. The predicted molar refractivity (Wildman–Crippen MR) is 60.9 cm³/mol. The number of nitrogens with zero attached hydrogens (tertiary/aromatic N) is 2. The molecule has 1 heterocycles. The zero-order valence-corrected chi connectivity index (χ0v) is 9.42. The number of phenolic OH excluding ortho intramolecular Hbond substituents is 1. The lowest BCUT2D eigenvalue weighted by atomic mass is 10.3. The van der Waals surface area contributed by atoms with Crippen LogP contribution in [-0.4, -0.2) is 23.5 Å². The van der Waals surface area contributed by atoms with E-state index < -0.39 is 10.0 Å². The molecule has 2 rings (SSSR count). The maximum atomic E-state index is 11.9. The molecule has 0 spiro atoms. The first-order valence-electron chi connectivity index (χ1n) is 4.65. The van der Waals surface area contributed by atoms with Gasteiger partial charge in [-0.15, -0.1) is 0 Å². The van der Waals surface area contributed by atoms with Crippen molar-refractivity contribution in [2.45, 2.75) is 4.90 Å². The molecule has 0 atom stereocenters. The molecule has 0 aliphatic heterocycles. The van der Waals surface area contributed by atoms with Gasteiger partial charge in [-0.25, -0.2) is 18.4 Å². The first kappa shape index (κ1) is 11.3. The minimum atomic E-state index is -3.82. The largest absolute Gasteiger partial charge is 0.507 e. The number of rotatable bonds is 3. The van der Waals surface area contributed by atoms with Crippen LogP contribution in [0, 0.1) is 0 Å². The summed E-state index contributed by atoms with van der Waals surface area (Å²) in [6.45, 7) is 0. The van der Waals surface area contributed by atoms with Crippen molar-refractivity contribution in [3.63, 3.8) is 0 Å². The molecule has 0 aliphatic carbocycles. The van der Waals surface area contributed by atoms with E-state index in [1.54, 1.807) is 6.07 Å². The summed E-state index contributed by atoms with van der Waals surface area (Å²) in [7, 11) is -3.82. The van der Waals surface area contributed by atoms with Gasteiger partial charge in [0.2, 0.25) is 0 Å². The molecule has 1 aromatic carbocycles. The standard InChI is InChI=1S/C10H9N3O3S/c14-9-3-1-2-4-10(9)17(15,16)13-8-5-11-7-12-6-8/h1-7,13-14H. The van der Waals surface area contributed by atoms with Crippen LogP contribution in [0.15, 0.2) is 47.9 Å². The van der Waals surface area contributed by atoms with Gasteiger partial charge < -0.3 is 5.11 Å². The highest BCUT2D eigenvalue weighted by atomic mass is 32.2. The maximum absolute atomic E-state index is 11.9. The third kappa shape index (κ3) is 2.51. The van der Waals surface area contributed by atoms with Gasteiger partial charge in [0.15, 0.2) is 0 Å². The fourth-order valence-electron chi connectivity index (χ4n) is 1.25. The summed E-state index contributed by atoms with van der Waals surface area (Å²) in [6.07, 6.45) is 3.94. The molecule has 0 saturated heterocycles. The van der Waals surface area contributed by atoms with Crippen molar-refractivity contribution in [2.75, 3.05) is 4.72 Å². The first-order chi connectivity index (χ1) is 8.09. The smallest absolute Gasteiger partial charge is 0.265 e. The Labute approximate surface area is 98.0 Å². The molecule has 6 nitrogen and oxygen atoms in total. The molecule has 1 aromatic heterocycles. The molecule has 0 saturated carbocycles. The van der Waals surface area contributed by atoms with Crippen molar-refractivity contribution in [3.05, 3.63) is 43.0 Å². The first-order valence-corrected chi connectivity index (χ1v) is 6.14. The van der Waals surface area contributed by atoms with Gasteiger partial charge in [0.25, 0.3) is 10.0 Å². The summed E-state index contributed by atoms with van der Waals surface area (Å²) in [4.78, 5) is 7.18. The number of nitrogens with one attached hydrogen (secondary N) is 1. The summed E-state index contributed by atoms with van der Waals surface area (Å²) >= 11 is 0. The molecule has 0 aliphatic rings. The third-order valence-electron chi connectivity index (χ3n) is 1.97. The Morgan fingerprint density at radius 2 is 1.76 bits per heavy atom. The summed E-state index contributed by atoms with van der Waals surface area (Å²) in [5.41, 5.74) is 0.232. The highest BCUT2D eigenvalue weighted by Gasteiger charge is 2.17. The molecule has 88 valence electrons. The van der Waals surface area contributed by atoms with E-state index in [0.29, 0.717) is 0 Å². The van der Waals surface area contributed by atoms with Gasteiger partial charge >= 0.3 is 0 Å². The molecule has 0 radical (unpaired) electrons. The molecule has 2 N–H and O–H groups in total. The number of anilines is 1. The van der Waals surface area contributed by atoms with E-state index in [9.17, 15) is 13.5 Å². The van der Waals surface area contributed by atoms with Gasteiger partial charge in [0.1, 0.15) is 17.0 Å². The van der Waals surface area contributed by atoms with Crippen LogP contribution < -0.4 is 4.72 Å². The number of benzene rings is 1. The number of phenols is 1. The summed E-state index contributed by atoms with van der Waals surface area (Å²) in [5, 5.41) is 9.47. The van der Waals surface area contributed by atoms with Gasteiger partial charge in [-0.05, 0) is 12.1 Å². The van der Waals surface area contributed by atoms with Gasteiger partial charge in [-0.2, -0.15) is 0 Å². The van der Waals surface area contributed by atoms with Crippen LogP contribution in [0.3, 0.4) is 0 Å². The molecule has 0 bridgehead atoms.